The van der Waals surface area contributed by atoms with Crippen LogP contribution >= 0.6 is 0 Å². The molecule has 0 aliphatic rings. The molecule has 0 amide bonds. The van der Waals surface area contributed by atoms with Gasteiger partial charge in [-0.15, -0.1) is 0 Å². The Balaban J connectivity index is 2.69. The van der Waals surface area contributed by atoms with Gasteiger partial charge < -0.3 is 10.1 Å². The molecule has 0 saturated heterocycles. The molecule has 1 aromatic rings. The zero-order valence-electron chi connectivity index (χ0n) is 12.2. The van der Waals surface area contributed by atoms with E-state index in [1.165, 1.54) is 0 Å². The van der Waals surface area contributed by atoms with Crippen molar-refractivity contribution < 1.29 is 4.74 Å². The lowest BCUT2D eigenvalue weighted by Gasteiger charge is -2.26. The molecular formula is C14H25N3O. The van der Waals surface area contributed by atoms with Crippen molar-refractivity contribution in [1.82, 2.24) is 15.3 Å². The Morgan fingerprint density at radius 3 is 2.61 bits per heavy atom. The summed E-state index contributed by atoms with van der Waals surface area (Å²) in [7, 11) is 1.63. The van der Waals surface area contributed by atoms with Gasteiger partial charge in [0.05, 0.1) is 7.11 Å². The third-order valence-electron chi connectivity index (χ3n) is 2.71. The van der Waals surface area contributed by atoms with Gasteiger partial charge in [0.2, 0.25) is 5.88 Å². The number of hydrogen-bond donors (Lipinski definition) is 1. The second-order valence-corrected chi connectivity index (χ2v) is 5.78. The first kappa shape index (κ1) is 14.9. The number of methoxy groups -OCH3 is 1. The summed E-state index contributed by atoms with van der Waals surface area (Å²) in [4.78, 5) is 8.34. The van der Waals surface area contributed by atoms with Gasteiger partial charge in [-0.05, 0) is 18.4 Å². The van der Waals surface area contributed by atoms with Crippen molar-refractivity contribution in [1.29, 1.82) is 0 Å². The average molecular weight is 251 g/mol. The van der Waals surface area contributed by atoms with Gasteiger partial charge in [0, 0.05) is 24.2 Å². The van der Waals surface area contributed by atoms with Gasteiger partial charge >= 0.3 is 0 Å². The van der Waals surface area contributed by atoms with E-state index in [2.05, 4.69) is 43.0 Å². The fraction of sp³-hybridized carbons (Fsp3) is 0.714. The summed E-state index contributed by atoms with van der Waals surface area (Å²) in [6.07, 6.45) is 3.59. The Morgan fingerprint density at radius 1 is 1.33 bits per heavy atom. The summed E-state index contributed by atoms with van der Waals surface area (Å²) >= 11 is 0. The molecule has 1 N–H and O–H groups in total. The van der Waals surface area contributed by atoms with E-state index >= 15 is 0 Å². The van der Waals surface area contributed by atoms with Crippen molar-refractivity contribution in [3.05, 3.63) is 18.1 Å². The fourth-order valence-electron chi connectivity index (χ4n) is 2.10. The van der Waals surface area contributed by atoms with Crippen LogP contribution in [0.3, 0.4) is 0 Å². The van der Waals surface area contributed by atoms with E-state index in [0.717, 1.165) is 25.1 Å². The van der Waals surface area contributed by atoms with E-state index in [-0.39, 0.29) is 0 Å². The highest BCUT2D eigenvalue weighted by molar-refractivity contribution is 5.14. The summed E-state index contributed by atoms with van der Waals surface area (Å²) in [5.74, 6) is 0.631. The maximum absolute atomic E-state index is 5.13. The first-order valence-corrected chi connectivity index (χ1v) is 6.53. The molecule has 0 aliphatic heterocycles. The lowest BCUT2D eigenvalue weighted by atomic mass is 9.86. The largest absolute Gasteiger partial charge is 0.481 e. The normalized spacial score (nSPS) is 13.4. The summed E-state index contributed by atoms with van der Waals surface area (Å²) in [6, 6.07) is 2.35. The summed E-state index contributed by atoms with van der Waals surface area (Å²) in [5, 5.41) is 3.52. The van der Waals surface area contributed by atoms with Crippen molar-refractivity contribution in [3.63, 3.8) is 0 Å². The molecule has 1 unspecified atom stereocenters. The fourth-order valence-corrected chi connectivity index (χ4v) is 2.10. The first-order valence-electron chi connectivity index (χ1n) is 6.53. The van der Waals surface area contributed by atoms with E-state index in [0.29, 0.717) is 17.3 Å². The number of rotatable bonds is 6. The lowest BCUT2D eigenvalue weighted by Crippen LogP contribution is -2.34. The van der Waals surface area contributed by atoms with Crippen molar-refractivity contribution in [2.45, 2.75) is 46.6 Å². The lowest BCUT2D eigenvalue weighted by molar-refractivity contribution is 0.307. The Hall–Kier alpha value is -1.16. The number of aromatic nitrogens is 2. The maximum Gasteiger partial charge on any atom is 0.216 e. The van der Waals surface area contributed by atoms with Gasteiger partial charge in [0.25, 0.3) is 0 Å². The van der Waals surface area contributed by atoms with Crippen LogP contribution < -0.4 is 10.1 Å². The molecule has 1 rings (SSSR count). The van der Waals surface area contributed by atoms with E-state index in [1.807, 2.05) is 6.07 Å². The quantitative estimate of drug-likeness (QED) is 0.843. The Bertz CT molecular complexity index is 360. The number of nitrogens with zero attached hydrogens (tertiary/aromatic N) is 2. The SMILES string of the molecule is CCNC(Cc1cc(OC)ncn1)CC(C)(C)C. The summed E-state index contributed by atoms with van der Waals surface area (Å²) in [6.45, 7) is 9.90. The Labute approximate surface area is 110 Å². The van der Waals surface area contributed by atoms with Gasteiger partial charge in [-0.2, -0.15) is 0 Å². The molecule has 0 aromatic carbocycles. The first-order chi connectivity index (χ1) is 8.44. The highest BCUT2D eigenvalue weighted by Gasteiger charge is 2.19. The van der Waals surface area contributed by atoms with E-state index in [9.17, 15) is 0 Å². The van der Waals surface area contributed by atoms with Gasteiger partial charge in [0.15, 0.2) is 0 Å². The third kappa shape index (κ3) is 5.45. The van der Waals surface area contributed by atoms with Gasteiger partial charge in [-0.1, -0.05) is 27.7 Å². The summed E-state index contributed by atoms with van der Waals surface area (Å²) < 4.78 is 5.13. The topological polar surface area (TPSA) is 47.0 Å². The highest BCUT2D eigenvalue weighted by atomic mass is 16.5. The number of ether oxygens (including phenoxy) is 1. The molecule has 1 aromatic heterocycles. The zero-order chi connectivity index (χ0) is 13.6. The molecule has 0 bridgehead atoms. The van der Waals surface area contributed by atoms with Crippen molar-refractivity contribution in [2.75, 3.05) is 13.7 Å². The number of nitrogens with one attached hydrogen (secondary N) is 1. The monoisotopic (exact) mass is 251 g/mol. The van der Waals surface area contributed by atoms with Crippen LogP contribution in [0.15, 0.2) is 12.4 Å². The molecule has 4 heteroatoms. The standard InChI is InChI=1S/C14H25N3O/c1-6-15-12(9-14(2,3)4)7-11-8-13(18-5)17-10-16-11/h8,10,12,15H,6-7,9H2,1-5H3. The maximum atomic E-state index is 5.13. The van der Waals surface area contributed by atoms with Crippen molar-refractivity contribution in [3.8, 4) is 5.88 Å². The Morgan fingerprint density at radius 2 is 2.06 bits per heavy atom. The van der Waals surface area contributed by atoms with Crippen LogP contribution in [0.1, 0.15) is 39.8 Å². The van der Waals surface area contributed by atoms with Crippen LogP contribution in [0.5, 0.6) is 5.88 Å². The van der Waals surface area contributed by atoms with Crippen molar-refractivity contribution >= 4 is 0 Å². The molecule has 0 saturated carbocycles. The molecule has 0 radical (unpaired) electrons. The molecule has 0 fully saturated rings. The van der Waals surface area contributed by atoms with E-state index in [4.69, 9.17) is 4.74 Å². The second-order valence-electron chi connectivity index (χ2n) is 5.78. The van der Waals surface area contributed by atoms with Crippen LogP contribution in [0.2, 0.25) is 0 Å². The van der Waals surface area contributed by atoms with Gasteiger partial charge in [0.1, 0.15) is 6.33 Å². The van der Waals surface area contributed by atoms with Crippen molar-refractivity contribution in [2.24, 2.45) is 5.41 Å². The molecule has 0 spiro atoms. The minimum Gasteiger partial charge on any atom is -0.481 e. The van der Waals surface area contributed by atoms with E-state index in [1.54, 1.807) is 13.4 Å². The minimum absolute atomic E-state index is 0.309. The van der Waals surface area contributed by atoms with E-state index < -0.39 is 0 Å². The average Bonchev–Trinajstić information content (AvgIpc) is 2.27. The highest BCUT2D eigenvalue weighted by Crippen LogP contribution is 2.22. The predicted octanol–water partition coefficient (Wildman–Crippen LogP) is 2.44. The smallest absolute Gasteiger partial charge is 0.216 e. The zero-order valence-corrected chi connectivity index (χ0v) is 12.2. The van der Waals surface area contributed by atoms with Crippen LogP contribution in [-0.2, 0) is 6.42 Å². The molecule has 0 aliphatic carbocycles. The van der Waals surface area contributed by atoms with Gasteiger partial charge in [-0.3, -0.25) is 0 Å². The number of likely N-dealkylation sites (N-methyl/N-ethyl adjacent to an activating group) is 1. The molecular weight excluding hydrogens is 226 g/mol. The summed E-state index contributed by atoms with van der Waals surface area (Å²) in [5.41, 5.74) is 1.33. The molecule has 1 heterocycles. The Kier molecular flexibility index (Phi) is 5.54. The molecule has 102 valence electrons. The van der Waals surface area contributed by atoms with Gasteiger partial charge in [-0.25, -0.2) is 9.97 Å². The van der Waals surface area contributed by atoms with Crippen LogP contribution in [0.4, 0.5) is 0 Å². The molecule has 18 heavy (non-hydrogen) atoms. The molecule has 4 nitrogen and oxygen atoms in total. The van der Waals surface area contributed by atoms with Crippen LogP contribution in [-0.4, -0.2) is 29.7 Å². The number of hydrogen-bond acceptors (Lipinski definition) is 4. The van der Waals surface area contributed by atoms with Crippen LogP contribution in [0, 0.1) is 5.41 Å². The minimum atomic E-state index is 0.309. The second kappa shape index (κ2) is 6.69. The van der Waals surface area contributed by atoms with Crippen LogP contribution in [0.25, 0.3) is 0 Å². The predicted molar refractivity (Wildman–Crippen MR) is 73.8 cm³/mol. The molecule has 1 atom stereocenters. The third-order valence-corrected chi connectivity index (χ3v) is 2.71.